The first-order chi connectivity index (χ1) is 9.18. The quantitative estimate of drug-likeness (QED) is 0.783. The summed E-state index contributed by atoms with van der Waals surface area (Å²) in [7, 11) is 0. The highest BCUT2D eigenvalue weighted by Gasteiger charge is 2.07. The van der Waals surface area contributed by atoms with Crippen LogP contribution in [-0.2, 0) is 11.2 Å². The van der Waals surface area contributed by atoms with Crippen molar-refractivity contribution in [1.29, 1.82) is 0 Å². The van der Waals surface area contributed by atoms with Crippen molar-refractivity contribution in [3.8, 4) is 0 Å². The number of allylic oxidation sites excluding steroid dienone is 1. The van der Waals surface area contributed by atoms with Crippen LogP contribution in [-0.4, -0.2) is 5.97 Å². The molecule has 0 saturated heterocycles. The Hall–Kier alpha value is -2.35. The van der Waals surface area contributed by atoms with E-state index in [-0.39, 0.29) is 5.57 Å². The molecule has 96 valence electrons. The molecule has 0 amide bonds. The lowest BCUT2D eigenvalue weighted by Crippen LogP contribution is -2.24. The smallest absolute Gasteiger partial charge is 0.0675 e. The molecular weight excluding hydrogens is 236 g/mol. The number of aliphatic carboxylic acids is 1. The third-order valence-corrected chi connectivity index (χ3v) is 3.10. The number of carboxylic acid groups (broad SMARTS) is 1. The van der Waals surface area contributed by atoms with Crippen LogP contribution in [0.25, 0.3) is 5.57 Å². The highest BCUT2D eigenvalue weighted by Crippen LogP contribution is 2.23. The Kier molecular flexibility index (Phi) is 4.14. The van der Waals surface area contributed by atoms with Crippen molar-refractivity contribution in [1.82, 2.24) is 0 Å². The van der Waals surface area contributed by atoms with E-state index in [0.29, 0.717) is 6.42 Å². The van der Waals surface area contributed by atoms with Gasteiger partial charge in [0.2, 0.25) is 0 Å². The molecular formula is C17H15O2-. The summed E-state index contributed by atoms with van der Waals surface area (Å²) in [4.78, 5) is 11.1. The number of rotatable bonds is 4. The number of carbonyl (C=O) groups is 1. The van der Waals surface area contributed by atoms with E-state index in [9.17, 15) is 9.90 Å². The van der Waals surface area contributed by atoms with E-state index in [2.05, 4.69) is 0 Å². The van der Waals surface area contributed by atoms with Crippen molar-refractivity contribution < 1.29 is 9.90 Å². The zero-order chi connectivity index (χ0) is 13.7. The van der Waals surface area contributed by atoms with Crippen LogP contribution in [0.2, 0.25) is 0 Å². The molecule has 0 radical (unpaired) electrons. The van der Waals surface area contributed by atoms with Crippen LogP contribution in [0.3, 0.4) is 0 Å². The van der Waals surface area contributed by atoms with Gasteiger partial charge in [-0.3, -0.25) is 0 Å². The van der Waals surface area contributed by atoms with E-state index in [1.54, 1.807) is 6.92 Å². The second kappa shape index (κ2) is 6.01. The zero-order valence-corrected chi connectivity index (χ0v) is 10.8. The van der Waals surface area contributed by atoms with Crippen molar-refractivity contribution in [2.45, 2.75) is 13.3 Å². The van der Waals surface area contributed by atoms with E-state index < -0.39 is 5.97 Å². The molecule has 0 aliphatic heterocycles. The van der Waals surface area contributed by atoms with Crippen LogP contribution < -0.4 is 5.11 Å². The fourth-order valence-electron chi connectivity index (χ4n) is 2.01. The number of carboxylic acids is 1. The second-order valence-electron chi connectivity index (χ2n) is 4.42. The first-order valence-corrected chi connectivity index (χ1v) is 6.19. The van der Waals surface area contributed by atoms with Gasteiger partial charge in [-0.1, -0.05) is 60.7 Å². The van der Waals surface area contributed by atoms with E-state index in [1.165, 1.54) is 0 Å². The lowest BCUT2D eigenvalue weighted by Gasteiger charge is -2.14. The van der Waals surface area contributed by atoms with Crippen molar-refractivity contribution in [2.75, 3.05) is 0 Å². The molecule has 2 heteroatoms. The lowest BCUT2D eigenvalue weighted by atomic mass is 9.94. The Morgan fingerprint density at radius 3 is 2.00 bits per heavy atom. The Bertz CT molecular complexity index is 583. The molecule has 19 heavy (non-hydrogen) atoms. The van der Waals surface area contributed by atoms with E-state index in [0.717, 1.165) is 16.7 Å². The summed E-state index contributed by atoms with van der Waals surface area (Å²) < 4.78 is 0. The predicted molar refractivity (Wildman–Crippen MR) is 74.2 cm³/mol. The zero-order valence-electron chi connectivity index (χ0n) is 10.8. The van der Waals surface area contributed by atoms with Crippen LogP contribution in [0.5, 0.6) is 0 Å². The predicted octanol–water partition coefficient (Wildman–Crippen LogP) is 2.45. The number of benzene rings is 2. The van der Waals surface area contributed by atoms with Gasteiger partial charge >= 0.3 is 0 Å². The highest BCUT2D eigenvalue weighted by molar-refractivity contribution is 5.94. The van der Waals surface area contributed by atoms with Crippen LogP contribution >= 0.6 is 0 Å². The normalized spacial score (nSPS) is 11.8. The Morgan fingerprint density at radius 2 is 1.47 bits per heavy atom. The van der Waals surface area contributed by atoms with E-state index in [1.807, 2.05) is 60.7 Å². The molecule has 0 aromatic heterocycles. The average molecular weight is 251 g/mol. The molecule has 0 heterocycles. The first-order valence-electron chi connectivity index (χ1n) is 6.19. The summed E-state index contributed by atoms with van der Waals surface area (Å²) in [5.41, 5.74) is 3.09. The van der Waals surface area contributed by atoms with E-state index in [4.69, 9.17) is 0 Å². The summed E-state index contributed by atoms with van der Waals surface area (Å²) in [5.74, 6) is -1.12. The summed E-state index contributed by atoms with van der Waals surface area (Å²) in [6.07, 6.45) is 0.588. The average Bonchev–Trinajstić information content (AvgIpc) is 2.46. The topological polar surface area (TPSA) is 40.1 Å². The number of hydrogen-bond acceptors (Lipinski definition) is 2. The molecule has 2 aromatic rings. The molecule has 0 N–H and O–H groups in total. The molecule has 0 saturated carbocycles. The summed E-state index contributed by atoms with van der Waals surface area (Å²) in [6.45, 7) is 1.60. The van der Waals surface area contributed by atoms with Gasteiger partial charge in [0.15, 0.2) is 0 Å². The van der Waals surface area contributed by atoms with Crippen molar-refractivity contribution in [3.63, 3.8) is 0 Å². The maximum Gasteiger partial charge on any atom is 0.0675 e. The lowest BCUT2D eigenvalue weighted by molar-refractivity contribution is -0.299. The molecule has 0 spiro atoms. The molecule has 0 atom stereocenters. The fraction of sp³-hybridized carbons (Fsp3) is 0.118. The molecule has 2 rings (SSSR count). The van der Waals surface area contributed by atoms with Crippen LogP contribution in [0, 0.1) is 0 Å². The summed E-state index contributed by atoms with van der Waals surface area (Å²) in [5, 5.41) is 11.1. The van der Waals surface area contributed by atoms with Gasteiger partial charge in [-0.05, 0) is 35.6 Å². The summed E-state index contributed by atoms with van der Waals surface area (Å²) in [6, 6.07) is 19.4. The third-order valence-electron chi connectivity index (χ3n) is 3.10. The maximum atomic E-state index is 11.1. The van der Waals surface area contributed by atoms with Crippen LogP contribution in [0.15, 0.2) is 66.2 Å². The van der Waals surface area contributed by atoms with Gasteiger partial charge in [-0.25, -0.2) is 0 Å². The van der Waals surface area contributed by atoms with Crippen LogP contribution in [0.4, 0.5) is 0 Å². The molecule has 0 fully saturated rings. The molecule has 2 aromatic carbocycles. The van der Waals surface area contributed by atoms with Crippen molar-refractivity contribution >= 4 is 11.5 Å². The van der Waals surface area contributed by atoms with Gasteiger partial charge in [0.05, 0.1) is 5.97 Å². The van der Waals surface area contributed by atoms with Gasteiger partial charge in [0.25, 0.3) is 0 Å². The standard InChI is InChI=1S/C17H16O2/c1-13(17(18)19)16(15-10-6-3-7-11-15)12-14-8-4-2-5-9-14/h2-11H,12H2,1H3,(H,18,19)/p-1/b16-13+. The summed E-state index contributed by atoms with van der Waals surface area (Å²) >= 11 is 0. The minimum Gasteiger partial charge on any atom is -0.545 e. The van der Waals surface area contributed by atoms with Gasteiger partial charge in [0, 0.05) is 0 Å². The first kappa shape index (κ1) is 13.1. The van der Waals surface area contributed by atoms with Crippen LogP contribution in [0.1, 0.15) is 18.1 Å². The highest BCUT2D eigenvalue weighted by atomic mass is 16.4. The van der Waals surface area contributed by atoms with Crippen molar-refractivity contribution in [3.05, 3.63) is 77.4 Å². The maximum absolute atomic E-state index is 11.1. The van der Waals surface area contributed by atoms with Crippen molar-refractivity contribution in [2.24, 2.45) is 0 Å². The van der Waals surface area contributed by atoms with Gasteiger partial charge in [-0.2, -0.15) is 0 Å². The fourth-order valence-corrected chi connectivity index (χ4v) is 2.01. The Labute approximate surface area is 113 Å². The Balaban J connectivity index is 2.42. The Morgan fingerprint density at radius 1 is 0.947 bits per heavy atom. The largest absolute Gasteiger partial charge is 0.545 e. The minimum absolute atomic E-state index is 0.287. The van der Waals surface area contributed by atoms with Gasteiger partial charge in [0.1, 0.15) is 0 Å². The van der Waals surface area contributed by atoms with E-state index >= 15 is 0 Å². The molecule has 0 aliphatic rings. The minimum atomic E-state index is -1.12. The molecule has 0 bridgehead atoms. The molecule has 0 aliphatic carbocycles. The SMILES string of the molecule is C/C(C(=O)[O-])=C(/Cc1ccccc1)c1ccccc1. The van der Waals surface area contributed by atoms with Gasteiger partial charge in [-0.15, -0.1) is 0 Å². The number of carbonyl (C=O) groups excluding carboxylic acids is 1. The second-order valence-corrected chi connectivity index (χ2v) is 4.42. The molecule has 0 unspecified atom stereocenters. The third kappa shape index (κ3) is 3.32. The number of hydrogen-bond donors (Lipinski definition) is 0. The monoisotopic (exact) mass is 251 g/mol. The molecule has 2 nitrogen and oxygen atoms in total. The van der Waals surface area contributed by atoms with Gasteiger partial charge < -0.3 is 9.90 Å².